The molecule has 0 unspecified atom stereocenters. The van der Waals surface area contributed by atoms with Crippen LogP contribution in [0.2, 0.25) is 0 Å². The first kappa shape index (κ1) is 22.3. The summed E-state index contributed by atoms with van der Waals surface area (Å²) in [7, 11) is -3.86. The highest BCUT2D eigenvalue weighted by molar-refractivity contribution is 7.93. The third-order valence-corrected chi connectivity index (χ3v) is 6.74. The summed E-state index contributed by atoms with van der Waals surface area (Å²) in [5.41, 5.74) is 2.01. The summed E-state index contributed by atoms with van der Waals surface area (Å²) in [6.07, 6.45) is 5.25. The average molecular weight is 460 g/mol. The normalized spacial score (nSPS) is 17.1. The second-order valence-corrected chi connectivity index (χ2v) is 9.70. The van der Waals surface area contributed by atoms with Gasteiger partial charge in [-0.2, -0.15) is 0 Å². The van der Waals surface area contributed by atoms with Gasteiger partial charge in [-0.05, 0) is 55.7 Å². The molecule has 1 amide bonds. The van der Waals surface area contributed by atoms with Crippen molar-refractivity contribution in [2.75, 3.05) is 65.0 Å². The number of carbonyl (C=O) groups is 1. The first-order chi connectivity index (χ1) is 15.5. The smallest absolute Gasteiger partial charge is 0.241 e. The van der Waals surface area contributed by atoms with Crippen LogP contribution < -0.4 is 19.8 Å². The largest absolute Gasteiger partial charge is 0.378 e. The molecule has 32 heavy (non-hydrogen) atoms. The fourth-order valence-electron chi connectivity index (χ4n) is 3.99. The zero-order chi connectivity index (χ0) is 22.4. The standard InChI is InChI=1S/C22H29N5O4S/c28-21(24-20-5-4-10-23-22(20)27-13-15-31-16-14-27)17-32(29,30)25-18-6-8-19(9-7-18)26-11-2-1-3-12-26/h4-10,25H,1-3,11-17H2,(H,24,28). The number of hydrogen-bond acceptors (Lipinski definition) is 7. The molecule has 2 fully saturated rings. The molecule has 4 rings (SSSR count). The maximum absolute atomic E-state index is 12.5. The summed E-state index contributed by atoms with van der Waals surface area (Å²) in [6, 6.07) is 10.7. The minimum atomic E-state index is -3.86. The van der Waals surface area contributed by atoms with Crippen LogP contribution in [0, 0.1) is 0 Å². The van der Waals surface area contributed by atoms with Gasteiger partial charge in [0.25, 0.3) is 0 Å². The Morgan fingerprint density at radius 3 is 2.41 bits per heavy atom. The molecule has 0 spiro atoms. The van der Waals surface area contributed by atoms with E-state index in [0.29, 0.717) is 43.5 Å². The molecule has 2 aliphatic rings. The SMILES string of the molecule is O=C(CS(=O)(=O)Nc1ccc(N2CCCCC2)cc1)Nc1cccnc1N1CCOCC1. The molecule has 0 aliphatic carbocycles. The van der Waals surface area contributed by atoms with E-state index in [1.807, 2.05) is 17.0 Å². The fourth-order valence-corrected chi connectivity index (χ4v) is 4.97. The van der Waals surface area contributed by atoms with E-state index in [-0.39, 0.29) is 0 Å². The molecule has 0 saturated carbocycles. The maximum Gasteiger partial charge on any atom is 0.241 e. The van der Waals surface area contributed by atoms with E-state index >= 15 is 0 Å². The molecule has 2 aromatic rings. The molecule has 1 aromatic carbocycles. The number of anilines is 4. The predicted molar refractivity (Wildman–Crippen MR) is 126 cm³/mol. The number of aromatic nitrogens is 1. The zero-order valence-electron chi connectivity index (χ0n) is 18.0. The van der Waals surface area contributed by atoms with Crippen LogP contribution in [-0.4, -0.2) is 64.5 Å². The van der Waals surface area contributed by atoms with Crippen LogP contribution in [0.1, 0.15) is 19.3 Å². The first-order valence-electron chi connectivity index (χ1n) is 10.9. The molecule has 0 atom stereocenters. The quantitative estimate of drug-likeness (QED) is 0.655. The molecule has 172 valence electrons. The highest BCUT2D eigenvalue weighted by Gasteiger charge is 2.21. The van der Waals surface area contributed by atoms with Crippen molar-refractivity contribution in [2.45, 2.75) is 19.3 Å². The van der Waals surface area contributed by atoms with Gasteiger partial charge in [0.15, 0.2) is 5.82 Å². The van der Waals surface area contributed by atoms with Crippen molar-refractivity contribution < 1.29 is 17.9 Å². The summed E-state index contributed by atoms with van der Waals surface area (Å²) in [4.78, 5) is 21.2. The van der Waals surface area contributed by atoms with E-state index in [4.69, 9.17) is 4.74 Å². The highest BCUT2D eigenvalue weighted by Crippen LogP contribution is 2.24. The molecule has 3 heterocycles. The van der Waals surface area contributed by atoms with Crippen LogP contribution in [0.25, 0.3) is 0 Å². The van der Waals surface area contributed by atoms with Gasteiger partial charge in [0.1, 0.15) is 5.75 Å². The van der Waals surface area contributed by atoms with Crippen molar-refractivity contribution in [1.29, 1.82) is 0 Å². The Labute approximate surface area is 188 Å². The summed E-state index contributed by atoms with van der Waals surface area (Å²) in [6.45, 7) is 4.52. The number of carbonyl (C=O) groups excluding carboxylic acids is 1. The number of nitrogens with one attached hydrogen (secondary N) is 2. The number of nitrogens with zero attached hydrogens (tertiary/aromatic N) is 3. The first-order valence-corrected chi connectivity index (χ1v) is 12.6. The van der Waals surface area contributed by atoms with Gasteiger partial charge in [-0.15, -0.1) is 0 Å². The second kappa shape index (κ2) is 10.2. The molecular formula is C22H29N5O4S. The third kappa shape index (κ3) is 5.89. The molecule has 1 aromatic heterocycles. The summed E-state index contributed by atoms with van der Waals surface area (Å²) in [5, 5.41) is 2.69. The Morgan fingerprint density at radius 1 is 0.969 bits per heavy atom. The van der Waals surface area contributed by atoms with Gasteiger partial charge >= 0.3 is 0 Å². The zero-order valence-corrected chi connectivity index (χ0v) is 18.8. The van der Waals surface area contributed by atoms with Crippen LogP contribution in [0.4, 0.5) is 22.9 Å². The molecule has 2 N–H and O–H groups in total. The Kier molecular flexibility index (Phi) is 7.11. The molecule has 9 nitrogen and oxygen atoms in total. The average Bonchev–Trinajstić information content (AvgIpc) is 2.80. The van der Waals surface area contributed by atoms with Crippen LogP contribution in [0.5, 0.6) is 0 Å². The van der Waals surface area contributed by atoms with Crippen molar-refractivity contribution in [3.63, 3.8) is 0 Å². The number of benzene rings is 1. The Balaban J connectivity index is 1.36. The maximum atomic E-state index is 12.5. The number of morpholine rings is 1. The van der Waals surface area contributed by atoms with Gasteiger partial charge in [0, 0.05) is 43.8 Å². The van der Waals surface area contributed by atoms with Crippen LogP contribution >= 0.6 is 0 Å². The van der Waals surface area contributed by atoms with Crippen molar-refractivity contribution >= 4 is 38.8 Å². The van der Waals surface area contributed by atoms with Crippen LogP contribution in [0.3, 0.4) is 0 Å². The molecule has 2 saturated heterocycles. The van der Waals surface area contributed by atoms with E-state index < -0.39 is 21.7 Å². The topological polar surface area (TPSA) is 104 Å². The lowest BCUT2D eigenvalue weighted by Crippen LogP contribution is -2.37. The number of amides is 1. The molecule has 10 heteroatoms. The number of pyridine rings is 1. The van der Waals surface area contributed by atoms with Crippen LogP contribution in [0.15, 0.2) is 42.6 Å². The molecular weight excluding hydrogens is 430 g/mol. The van der Waals surface area contributed by atoms with Gasteiger partial charge in [-0.3, -0.25) is 9.52 Å². The van der Waals surface area contributed by atoms with E-state index in [9.17, 15) is 13.2 Å². The van der Waals surface area contributed by atoms with Crippen LogP contribution in [-0.2, 0) is 19.6 Å². The Morgan fingerprint density at radius 2 is 1.69 bits per heavy atom. The lowest BCUT2D eigenvalue weighted by Gasteiger charge is -2.29. The van der Waals surface area contributed by atoms with Gasteiger partial charge in [0.2, 0.25) is 15.9 Å². The summed E-state index contributed by atoms with van der Waals surface area (Å²) >= 11 is 0. The molecule has 0 radical (unpaired) electrons. The minimum absolute atomic E-state index is 0.439. The van der Waals surface area contributed by atoms with Gasteiger partial charge in [-0.25, -0.2) is 13.4 Å². The van der Waals surface area contributed by atoms with E-state index in [0.717, 1.165) is 18.8 Å². The van der Waals surface area contributed by atoms with Gasteiger partial charge in [0.05, 0.1) is 18.9 Å². The second-order valence-electron chi connectivity index (χ2n) is 7.98. The number of rotatable bonds is 7. The van der Waals surface area contributed by atoms with Gasteiger partial charge < -0.3 is 19.9 Å². The fraction of sp³-hybridized carbons (Fsp3) is 0.455. The summed E-state index contributed by atoms with van der Waals surface area (Å²) in [5.74, 6) is -0.689. The number of hydrogen-bond donors (Lipinski definition) is 2. The molecule has 2 aliphatic heterocycles. The molecule has 0 bridgehead atoms. The van der Waals surface area contributed by atoms with Crippen molar-refractivity contribution in [1.82, 2.24) is 4.98 Å². The Hall–Kier alpha value is -2.85. The van der Waals surface area contributed by atoms with Crippen molar-refractivity contribution in [2.24, 2.45) is 0 Å². The Bertz CT molecular complexity index is 1020. The monoisotopic (exact) mass is 459 g/mol. The minimum Gasteiger partial charge on any atom is -0.378 e. The van der Waals surface area contributed by atoms with Gasteiger partial charge in [-0.1, -0.05) is 0 Å². The van der Waals surface area contributed by atoms with Crippen molar-refractivity contribution in [3.8, 4) is 0 Å². The van der Waals surface area contributed by atoms with Crippen molar-refractivity contribution in [3.05, 3.63) is 42.6 Å². The highest BCUT2D eigenvalue weighted by atomic mass is 32.2. The van der Waals surface area contributed by atoms with E-state index in [1.165, 1.54) is 19.3 Å². The van der Waals surface area contributed by atoms with E-state index in [2.05, 4.69) is 19.9 Å². The predicted octanol–water partition coefficient (Wildman–Crippen LogP) is 2.29. The summed E-state index contributed by atoms with van der Waals surface area (Å²) < 4.78 is 33.0. The number of sulfonamides is 1. The lowest BCUT2D eigenvalue weighted by atomic mass is 10.1. The lowest BCUT2D eigenvalue weighted by molar-refractivity contribution is -0.113. The van der Waals surface area contributed by atoms with E-state index in [1.54, 1.807) is 30.5 Å². The number of ether oxygens (including phenoxy) is 1. The number of piperidine rings is 1. The third-order valence-electron chi connectivity index (χ3n) is 5.55.